The van der Waals surface area contributed by atoms with Crippen molar-refractivity contribution in [1.82, 2.24) is 19.5 Å². The fourth-order valence-electron chi connectivity index (χ4n) is 2.94. The zero-order valence-electron chi connectivity index (χ0n) is 16.1. The highest BCUT2D eigenvalue weighted by Gasteiger charge is 2.49. The fourth-order valence-corrected chi connectivity index (χ4v) is 3.28. The molecule has 30 heavy (non-hydrogen) atoms. The Hall–Kier alpha value is -2.19. The molecule has 0 unspecified atom stereocenters. The van der Waals surface area contributed by atoms with E-state index in [2.05, 4.69) is 19.5 Å². The molecule has 1 saturated heterocycles. The summed E-state index contributed by atoms with van der Waals surface area (Å²) in [6, 6.07) is -0.971. The van der Waals surface area contributed by atoms with Crippen LogP contribution in [0.15, 0.2) is 12.7 Å². The number of hydrogen-bond acceptors (Lipinski definition) is 11. The Bertz CT molecular complexity index is 964. The van der Waals surface area contributed by atoms with Crippen LogP contribution >= 0.6 is 7.82 Å². The Morgan fingerprint density at radius 2 is 2.07 bits per heavy atom. The van der Waals surface area contributed by atoms with Crippen LogP contribution in [0.1, 0.15) is 20.1 Å². The minimum atomic E-state index is -4.84. The molecule has 0 amide bonds. The van der Waals surface area contributed by atoms with Gasteiger partial charge in [0.1, 0.15) is 30.1 Å². The summed E-state index contributed by atoms with van der Waals surface area (Å²) >= 11 is 0. The Kier molecular flexibility index (Phi) is 6.38. The van der Waals surface area contributed by atoms with Gasteiger partial charge in [-0.15, -0.1) is 0 Å². The number of nitrogens with two attached hydrogens (primary N) is 2. The second kappa shape index (κ2) is 8.51. The van der Waals surface area contributed by atoms with Crippen molar-refractivity contribution in [2.24, 2.45) is 11.7 Å². The predicted octanol–water partition coefficient (Wildman–Crippen LogP) is -1.33. The molecule has 166 valence electrons. The number of esters is 1. The largest absolute Gasteiger partial charge is 0.469 e. The highest BCUT2D eigenvalue weighted by molar-refractivity contribution is 7.46. The van der Waals surface area contributed by atoms with Gasteiger partial charge in [-0.2, -0.15) is 0 Å². The van der Waals surface area contributed by atoms with E-state index in [9.17, 15) is 14.5 Å². The van der Waals surface area contributed by atoms with Crippen LogP contribution in [-0.4, -0.2) is 71.3 Å². The molecule has 0 aromatic carbocycles. The Balaban J connectivity index is 1.89. The third-order valence-electron chi connectivity index (χ3n) is 4.62. The first-order valence-electron chi connectivity index (χ1n) is 8.92. The van der Waals surface area contributed by atoms with Crippen molar-refractivity contribution >= 4 is 30.8 Å². The van der Waals surface area contributed by atoms with Crippen LogP contribution in [0.2, 0.25) is 0 Å². The van der Waals surface area contributed by atoms with Gasteiger partial charge in [0.25, 0.3) is 0 Å². The van der Waals surface area contributed by atoms with Crippen LogP contribution in [0, 0.1) is 5.92 Å². The summed E-state index contributed by atoms with van der Waals surface area (Å²) in [6.45, 7) is 2.77. The Labute approximate surface area is 170 Å². The Morgan fingerprint density at radius 1 is 1.37 bits per heavy atom. The zero-order chi connectivity index (χ0) is 22.2. The summed E-state index contributed by atoms with van der Waals surface area (Å²) in [7, 11) is -4.84. The number of carbonyl (C=O) groups is 1. The van der Waals surface area contributed by atoms with Crippen LogP contribution in [0.4, 0.5) is 5.82 Å². The number of aliphatic hydroxyl groups is 1. The molecular formula is C15H23N6O8P. The van der Waals surface area contributed by atoms with Crippen molar-refractivity contribution in [3.05, 3.63) is 12.7 Å². The molecule has 0 bridgehead atoms. The van der Waals surface area contributed by atoms with Crippen LogP contribution in [0.25, 0.3) is 11.2 Å². The molecule has 0 spiro atoms. The van der Waals surface area contributed by atoms with Crippen molar-refractivity contribution < 1.29 is 38.3 Å². The second-order valence-corrected chi connectivity index (χ2v) is 8.34. The SMILES string of the molecule is CC(C)[C@H](N)C(=O)O[C@H]1[C@@H](O)[C@H](n2cnc3c(N)ncnc32)O[C@@H]1COP(=O)(O)O. The summed E-state index contributed by atoms with van der Waals surface area (Å²) < 4.78 is 28.0. The van der Waals surface area contributed by atoms with Crippen LogP contribution in [0.3, 0.4) is 0 Å². The van der Waals surface area contributed by atoms with E-state index in [0.717, 1.165) is 0 Å². The van der Waals surface area contributed by atoms with E-state index in [1.54, 1.807) is 13.8 Å². The molecule has 7 N–H and O–H groups in total. The van der Waals surface area contributed by atoms with Crippen molar-refractivity contribution in [1.29, 1.82) is 0 Å². The van der Waals surface area contributed by atoms with Gasteiger partial charge < -0.3 is 35.8 Å². The molecule has 0 radical (unpaired) electrons. The zero-order valence-corrected chi connectivity index (χ0v) is 17.0. The first-order valence-corrected chi connectivity index (χ1v) is 10.5. The van der Waals surface area contributed by atoms with E-state index in [1.165, 1.54) is 17.2 Å². The standard InChI is InChI=1S/C15H23N6O8P/c1-6(2)8(16)15(23)29-11-7(3-27-30(24,25)26)28-14(10(11)22)21-5-20-9-12(17)18-4-19-13(9)21/h4-8,10-11,14,22H,3,16H2,1-2H3,(H2,17,18,19)(H2,24,25,26)/t7-,8+,10-,11-,14-/m1/s1. The topological polar surface area (TPSA) is 218 Å². The smallest absolute Gasteiger partial charge is 0.455 e. The van der Waals surface area contributed by atoms with Gasteiger partial charge in [0, 0.05) is 0 Å². The third kappa shape index (κ3) is 4.59. The van der Waals surface area contributed by atoms with Gasteiger partial charge in [-0.25, -0.2) is 19.5 Å². The highest BCUT2D eigenvalue weighted by Crippen LogP contribution is 2.39. The minimum Gasteiger partial charge on any atom is -0.455 e. The molecule has 2 aromatic heterocycles. The van der Waals surface area contributed by atoms with E-state index in [-0.39, 0.29) is 22.9 Å². The lowest BCUT2D eigenvalue weighted by Gasteiger charge is -2.23. The van der Waals surface area contributed by atoms with Gasteiger partial charge in [-0.05, 0) is 5.92 Å². The lowest BCUT2D eigenvalue weighted by molar-refractivity contribution is -0.159. The van der Waals surface area contributed by atoms with Crippen molar-refractivity contribution in [3.8, 4) is 0 Å². The molecule has 5 atom stereocenters. The predicted molar refractivity (Wildman–Crippen MR) is 100 cm³/mol. The van der Waals surface area contributed by atoms with Gasteiger partial charge in [0.05, 0.1) is 12.9 Å². The number of imidazole rings is 1. The highest BCUT2D eigenvalue weighted by atomic mass is 31.2. The normalized spacial score (nSPS) is 25.7. The average molecular weight is 446 g/mol. The van der Waals surface area contributed by atoms with Crippen LogP contribution in [0.5, 0.6) is 0 Å². The molecule has 0 aliphatic carbocycles. The van der Waals surface area contributed by atoms with E-state index >= 15 is 0 Å². The van der Waals surface area contributed by atoms with E-state index in [0.29, 0.717) is 0 Å². The number of ether oxygens (including phenoxy) is 2. The second-order valence-electron chi connectivity index (χ2n) is 7.10. The van der Waals surface area contributed by atoms with Gasteiger partial charge in [-0.1, -0.05) is 13.8 Å². The number of anilines is 1. The van der Waals surface area contributed by atoms with E-state index in [4.69, 9.17) is 30.7 Å². The fraction of sp³-hybridized carbons (Fsp3) is 0.600. The van der Waals surface area contributed by atoms with E-state index in [1.807, 2.05) is 0 Å². The molecule has 15 heteroatoms. The molecule has 1 fully saturated rings. The first-order chi connectivity index (χ1) is 14.0. The maximum atomic E-state index is 12.3. The molecule has 0 saturated carbocycles. The molecule has 14 nitrogen and oxygen atoms in total. The number of aromatic nitrogens is 4. The van der Waals surface area contributed by atoms with E-state index < -0.39 is 51.0 Å². The Morgan fingerprint density at radius 3 is 2.70 bits per heavy atom. The summed E-state index contributed by atoms with van der Waals surface area (Å²) in [6.07, 6.45) is -2.65. The molecule has 1 aliphatic rings. The maximum absolute atomic E-state index is 12.3. The number of phosphoric ester groups is 1. The van der Waals surface area contributed by atoms with Gasteiger partial charge >= 0.3 is 13.8 Å². The summed E-state index contributed by atoms with van der Waals surface area (Å²) in [5, 5.41) is 10.8. The molecule has 3 heterocycles. The lowest BCUT2D eigenvalue weighted by atomic mass is 10.1. The number of fused-ring (bicyclic) bond motifs is 1. The molecule has 3 rings (SSSR count). The maximum Gasteiger partial charge on any atom is 0.469 e. The molecular weight excluding hydrogens is 423 g/mol. The molecule has 1 aliphatic heterocycles. The summed E-state index contributed by atoms with van der Waals surface area (Å²) in [5.74, 6) is -0.935. The number of aliphatic hydroxyl groups excluding tert-OH is 1. The number of nitrogen functional groups attached to an aromatic ring is 1. The van der Waals surface area contributed by atoms with Gasteiger partial charge in [0.2, 0.25) is 0 Å². The minimum absolute atomic E-state index is 0.110. The van der Waals surface area contributed by atoms with Crippen LogP contribution in [-0.2, 0) is 23.4 Å². The first kappa shape index (κ1) is 22.5. The quantitative estimate of drug-likeness (QED) is 0.246. The summed E-state index contributed by atoms with van der Waals surface area (Å²) in [4.78, 5) is 42.3. The average Bonchev–Trinajstić information content (AvgIpc) is 3.21. The van der Waals surface area contributed by atoms with Gasteiger partial charge in [-0.3, -0.25) is 13.9 Å². The van der Waals surface area contributed by atoms with Crippen molar-refractivity contribution in [2.45, 2.75) is 44.4 Å². The van der Waals surface area contributed by atoms with Gasteiger partial charge in [0.15, 0.2) is 23.8 Å². The number of rotatable bonds is 7. The number of phosphoric acid groups is 1. The van der Waals surface area contributed by atoms with Crippen LogP contribution < -0.4 is 11.5 Å². The monoisotopic (exact) mass is 446 g/mol. The number of nitrogens with zero attached hydrogens (tertiary/aromatic N) is 4. The third-order valence-corrected chi connectivity index (χ3v) is 5.11. The molecule has 2 aromatic rings. The lowest BCUT2D eigenvalue weighted by Crippen LogP contribution is -2.44. The summed E-state index contributed by atoms with van der Waals surface area (Å²) in [5.41, 5.74) is 12.1. The number of hydrogen-bond donors (Lipinski definition) is 5. The number of carbonyl (C=O) groups excluding carboxylic acids is 1. The van der Waals surface area contributed by atoms with Crippen molar-refractivity contribution in [3.63, 3.8) is 0 Å². The van der Waals surface area contributed by atoms with Crippen molar-refractivity contribution in [2.75, 3.05) is 12.3 Å².